The highest BCUT2D eigenvalue weighted by molar-refractivity contribution is 5.91. The zero-order valence-corrected chi connectivity index (χ0v) is 21.9. The fourth-order valence-electron chi connectivity index (χ4n) is 3.73. The van der Waals surface area contributed by atoms with Gasteiger partial charge in [-0.1, -0.05) is 58.4 Å². The molecule has 0 bridgehead atoms. The number of aromatic nitrogens is 1. The van der Waals surface area contributed by atoms with Crippen molar-refractivity contribution < 1.29 is 23.8 Å². The van der Waals surface area contributed by atoms with Gasteiger partial charge in [-0.25, -0.2) is 14.6 Å². The van der Waals surface area contributed by atoms with Crippen LogP contribution < -0.4 is 14.2 Å². The Morgan fingerprint density at radius 2 is 1.24 bits per heavy atom. The third-order valence-electron chi connectivity index (χ3n) is 5.95. The lowest BCUT2D eigenvalue weighted by Gasteiger charge is -2.08. The Balaban J connectivity index is 1.43. The maximum absolute atomic E-state index is 12.5. The van der Waals surface area contributed by atoms with E-state index in [1.54, 1.807) is 60.8 Å². The molecule has 1 heterocycles. The first-order chi connectivity index (χ1) is 18.1. The van der Waals surface area contributed by atoms with E-state index in [0.29, 0.717) is 23.7 Å². The Kier molecular flexibility index (Phi) is 11.6. The van der Waals surface area contributed by atoms with Crippen molar-refractivity contribution in [2.45, 2.75) is 71.6 Å². The van der Waals surface area contributed by atoms with Crippen LogP contribution in [-0.4, -0.2) is 23.5 Å². The molecule has 1 aromatic heterocycles. The van der Waals surface area contributed by atoms with Gasteiger partial charge in [-0.2, -0.15) is 0 Å². The van der Waals surface area contributed by atoms with E-state index in [1.165, 1.54) is 32.1 Å². The second kappa shape index (κ2) is 15.4. The van der Waals surface area contributed by atoms with Gasteiger partial charge in [-0.3, -0.25) is 0 Å². The zero-order chi connectivity index (χ0) is 26.3. The van der Waals surface area contributed by atoms with Gasteiger partial charge >= 0.3 is 11.9 Å². The van der Waals surface area contributed by atoms with Gasteiger partial charge in [0.05, 0.1) is 12.2 Å². The lowest BCUT2D eigenvalue weighted by molar-refractivity contribution is 0.0716. The van der Waals surface area contributed by atoms with E-state index in [1.807, 2.05) is 6.07 Å². The fraction of sp³-hybridized carbons (Fsp3) is 0.387. The molecule has 3 aromatic rings. The summed E-state index contributed by atoms with van der Waals surface area (Å²) in [7, 11) is 0. The molecule has 0 saturated heterocycles. The summed E-state index contributed by atoms with van der Waals surface area (Å²) in [6.45, 7) is 5.02. The Bertz CT molecular complexity index is 1090. The monoisotopic (exact) mass is 503 g/mol. The van der Waals surface area contributed by atoms with Gasteiger partial charge < -0.3 is 14.2 Å². The van der Waals surface area contributed by atoms with Crippen LogP contribution in [0.2, 0.25) is 0 Å². The van der Waals surface area contributed by atoms with Crippen molar-refractivity contribution >= 4 is 11.9 Å². The van der Waals surface area contributed by atoms with Gasteiger partial charge in [0.1, 0.15) is 22.9 Å². The van der Waals surface area contributed by atoms with E-state index < -0.39 is 11.9 Å². The van der Waals surface area contributed by atoms with Gasteiger partial charge in [0, 0.05) is 6.20 Å². The SMILES string of the molecule is CCCCCCCCOc1ccc(C(=O)Oc2ccc(OC(=O)c3ccc(CCCC)cn3)cc2)cc1. The summed E-state index contributed by atoms with van der Waals surface area (Å²) >= 11 is 0. The number of nitrogens with zero attached hydrogens (tertiary/aromatic N) is 1. The molecule has 0 aliphatic heterocycles. The molecule has 37 heavy (non-hydrogen) atoms. The fourth-order valence-corrected chi connectivity index (χ4v) is 3.73. The van der Waals surface area contributed by atoms with Crippen molar-refractivity contribution in [1.82, 2.24) is 4.98 Å². The molecule has 0 aliphatic rings. The van der Waals surface area contributed by atoms with Crippen molar-refractivity contribution in [3.8, 4) is 17.2 Å². The van der Waals surface area contributed by atoms with Crippen LogP contribution in [0.25, 0.3) is 0 Å². The summed E-state index contributed by atoms with van der Waals surface area (Å²) in [5, 5.41) is 0. The number of aryl methyl sites for hydroxylation is 1. The lowest BCUT2D eigenvalue weighted by atomic mass is 10.1. The number of carbonyl (C=O) groups is 2. The first kappa shape index (κ1) is 27.9. The molecular formula is C31H37NO5. The van der Waals surface area contributed by atoms with Crippen molar-refractivity contribution in [3.63, 3.8) is 0 Å². The second-order valence-corrected chi connectivity index (χ2v) is 9.05. The maximum Gasteiger partial charge on any atom is 0.362 e. The Labute approximate surface area is 220 Å². The molecule has 6 nitrogen and oxygen atoms in total. The standard InChI is InChI=1S/C31H37NO5/c1-3-5-7-8-9-10-22-35-26-15-13-25(14-16-26)30(33)36-27-17-19-28(20-18-27)37-31(34)29-21-12-24(23-32-29)11-6-4-2/h12-21,23H,3-11,22H2,1-2H3. The molecule has 0 fully saturated rings. The van der Waals surface area contributed by atoms with Crippen molar-refractivity contribution in [2.75, 3.05) is 6.61 Å². The van der Waals surface area contributed by atoms with Gasteiger partial charge in [0.25, 0.3) is 0 Å². The highest BCUT2D eigenvalue weighted by atomic mass is 16.5. The predicted octanol–water partition coefficient (Wildman–Crippen LogP) is 7.60. The van der Waals surface area contributed by atoms with Crippen LogP contribution in [0.15, 0.2) is 66.9 Å². The molecule has 196 valence electrons. The first-order valence-electron chi connectivity index (χ1n) is 13.3. The van der Waals surface area contributed by atoms with Gasteiger partial charge in [0.15, 0.2) is 0 Å². The Hall–Kier alpha value is -3.67. The molecule has 6 heteroatoms. The van der Waals surface area contributed by atoms with Gasteiger partial charge in [0.2, 0.25) is 0 Å². The minimum Gasteiger partial charge on any atom is -0.494 e. The number of esters is 2. The molecule has 0 radical (unpaired) electrons. The molecular weight excluding hydrogens is 466 g/mol. The molecule has 0 N–H and O–H groups in total. The highest BCUT2D eigenvalue weighted by Gasteiger charge is 2.12. The van der Waals surface area contributed by atoms with Crippen molar-refractivity contribution in [2.24, 2.45) is 0 Å². The molecule has 0 atom stereocenters. The average molecular weight is 504 g/mol. The van der Waals surface area contributed by atoms with Gasteiger partial charge in [-0.05, 0) is 79.4 Å². The van der Waals surface area contributed by atoms with Crippen LogP contribution in [0.1, 0.15) is 91.6 Å². The van der Waals surface area contributed by atoms with Crippen molar-refractivity contribution in [1.29, 1.82) is 0 Å². The maximum atomic E-state index is 12.5. The lowest BCUT2D eigenvalue weighted by Crippen LogP contribution is -2.11. The minimum atomic E-state index is -0.536. The van der Waals surface area contributed by atoms with E-state index in [-0.39, 0.29) is 5.69 Å². The van der Waals surface area contributed by atoms with Crippen LogP contribution in [0, 0.1) is 0 Å². The number of unbranched alkanes of at least 4 members (excludes halogenated alkanes) is 6. The first-order valence-corrected chi connectivity index (χ1v) is 13.3. The number of ether oxygens (including phenoxy) is 3. The quantitative estimate of drug-likeness (QED) is 0.121. The predicted molar refractivity (Wildman–Crippen MR) is 145 cm³/mol. The molecule has 0 spiro atoms. The van der Waals surface area contributed by atoms with E-state index >= 15 is 0 Å². The molecule has 0 amide bonds. The normalized spacial score (nSPS) is 10.6. The molecule has 0 unspecified atom stereocenters. The zero-order valence-electron chi connectivity index (χ0n) is 21.9. The Morgan fingerprint density at radius 3 is 1.86 bits per heavy atom. The topological polar surface area (TPSA) is 74.7 Å². The highest BCUT2D eigenvalue weighted by Crippen LogP contribution is 2.21. The number of carbonyl (C=O) groups excluding carboxylic acids is 2. The number of rotatable bonds is 15. The number of benzene rings is 2. The van der Waals surface area contributed by atoms with Crippen LogP contribution in [0.5, 0.6) is 17.2 Å². The van der Waals surface area contributed by atoms with E-state index in [4.69, 9.17) is 14.2 Å². The van der Waals surface area contributed by atoms with E-state index in [0.717, 1.165) is 37.0 Å². The van der Waals surface area contributed by atoms with Crippen LogP contribution in [0.4, 0.5) is 0 Å². The minimum absolute atomic E-state index is 0.246. The largest absolute Gasteiger partial charge is 0.494 e. The number of pyridine rings is 1. The summed E-state index contributed by atoms with van der Waals surface area (Å²) in [5.41, 5.74) is 1.77. The third kappa shape index (κ3) is 9.71. The summed E-state index contributed by atoms with van der Waals surface area (Å²) in [6.07, 6.45) is 12.1. The Morgan fingerprint density at radius 1 is 0.649 bits per heavy atom. The molecule has 0 aliphatic carbocycles. The smallest absolute Gasteiger partial charge is 0.362 e. The van der Waals surface area contributed by atoms with Crippen molar-refractivity contribution in [3.05, 3.63) is 83.7 Å². The van der Waals surface area contributed by atoms with Gasteiger partial charge in [-0.15, -0.1) is 0 Å². The summed E-state index contributed by atoms with van der Waals surface area (Å²) in [5.74, 6) is 0.423. The number of hydrogen-bond donors (Lipinski definition) is 0. The summed E-state index contributed by atoms with van der Waals surface area (Å²) in [4.78, 5) is 29.1. The molecule has 2 aromatic carbocycles. The third-order valence-corrected chi connectivity index (χ3v) is 5.95. The second-order valence-electron chi connectivity index (χ2n) is 9.05. The van der Waals surface area contributed by atoms with Crippen LogP contribution >= 0.6 is 0 Å². The van der Waals surface area contributed by atoms with E-state index in [2.05, 4.69) is 18.8 Å². The number of hydrogen-bond acceptors (Lipinski definition) is 6. The van der Waals surface area contributed by atoms with E-state index in [9.17, 15) is 9.59 Å². The average Bonchev–Trinajstić information content (AvgIpc) is 2.93. The summed E-state index contributed by atoms with van der Waals surface area (Å²) < 4.78 is 16.6. The van der Waals surface area contributed by atoms with Crippen LogP contribution in [0.3, 0.4) is 0 Å². The summed E-state index contributed by atoms with van der Waals surface area (Å²) in [6, 6.07) is 16.8. The molecule has 0 saturated carbocycles. The molecule has 3 rings (SSSR count). The van der Waals surface area contributed by atoms with Crippen LogP contribution in [-0.2, 0) is 6.42 Å².